The number of nitriles is 1. The molecule has 0 amide bonds. The molecule has 90 valence electrons. The van der Waals surface area contributed by atoms with E-state index >= 15 is 0 Å². The summed E-state index contributed by atoms with van der Waals surface area (Å²) in [5, 5.41) is 11.9. The zero-order valence-electron chi connectivity index (χ0n) is 9.60. The number of nitrogens with zero attached hydrogens (tertiary/aromatic N) is 1. The molecule has 1 N–H and O–H groups in total. The topological polar surface area (TPSA) is 35.8 Å². The molecule has 1 spiro atoms. The predicted molar refractivity (Wildman–Crippen MR) is 57.0 cm³/mol. The van der Waals surface area contributed by atoms with Crippen molar-refractivity contribution in [1.29, 1.82) is 5.26 Å². The van der Waals surface area contributed by atoms with Gasteiger partial charge in [-0.05, 0) is 32.6 Å². The lowest BCUT2D eigenvalue weighted by molar-refractivity contribution is 0.0438. The maximum atomic E-state index is 13.1. The molecule has 0 aromatic rings. The molecule has 0 radical (unpaired) electrons. The lowest BCUT2D eigenvalue weighted by Gasteiger charge is -2.29. The summed E-state index contributed by atoms with van der Waals surface area (Å²) in [7, 11) is 0. The fourth-order valence-corrected chi connectivity index (χ4v) is 2.69. The summed E-state index contributed by atoms with van der Waals surface area (Å²) in [4.78, 5) is 0. The summed E-state index contributed by atoms with van der Waals surface area (Å²) in [5.41, 5.74) is -0.647. The molecular formula is C12H18F2N2. The van der Waals surface area contributed by atoms with Gasteiger partial charge in [0.15, 0.2) is 0 Å². The van der Waals surface area contributed by atoms with Gasteiger partial charge in [0.25, 0.3) is 5.92 Å². The largest absolute Gasteiger partial charge is 0.313 e. The van der Waals surface area contributed by atoms with E-state index in [-0.39, 0.29) is 12.3 Å². The third-order valence-electron chi connectivity index (χ3n) is 4.09. The average molecular weight is 228 g/mol. The second-order valence-electron chi connectivity index (χ2n) is 5.37. The lowest BCUT2D eigenvalue weighted by Crippen LogP contribution is -2.37. The average Bonchev–Trinajstić information content (AvgIpc) is 2.79. The van der Waals surface area contributed by atoms with E-state index in [4.69, 9.17) is 5.26 Å². The summed E-state index contributed by atoms with van der Waals surface area (Å²) >= 11 is 0. The number of nitrogens with one attached hydrogen (secondary N) is 1. The Kier molecular flexibility index (Phi) is 2.91. The molecule has 2 rings (SSSR count). The molecule has 0 bridgehead atoms. The highest BCUT2D eigenvalue weighted by Crippen LogP contribution is 2.67. The molecule has 0 aromatic heterocycles. The highest BCUT2D eigenvalue weighted by Gasteiger charge is 2.70. The Morgan fingerprint density at radius 3 is 2.44 bits per heavy atom. The second kappa shape index (κ2) is 3.96. The molecule has 0 saturated heterocycles. The first-order valence-corrected chi connectivity index (χ1v) is 6.00. The van der Waals surface area contributed by atoms with E-state index in [1.807, 2.05) is 6.92 Å². The van der Waals surface area contributed by atoms with Gasteiger partial charge in [-0.2, -0.15) is 5.26 Å². The maximum Gasteiger partial charge on any atom is 0.254 e. The highest BCUT2D eigenvalue weighted by molar-refractivity contribution is 5.12. The van der Waals surface area contributed by atoms with Crippen molar-refractivity contribution in [2.75, 3.05) is 6.54 Å². The summed E-state index contributed by atoms with van der Waals surface area (Å²) < 4.78 is 26.2. The van der Waals surface area contributed by atoms with E-state index in [0.717, 1.165) is 12.8 Å². The lowest BCUT2D eigenvalue weighted by atomic mass is 9.83. The molecule has 4 heteroatoms. The van der Waals surface area contributed by atoms with Crippen molar-refractivity contribution in [1.82, 2.24) is 5.32 Å². The fourth-order valence-electron chi connectivity index (χ4n) is 2.69. The Morgan fingerprint density at radius 2 is 2.00 bits per heavy atom. The molecule has 2 saturated carbocycles. The molecule has 0 heterocycles. The molecule has 2 fully saturated rings. The van der Waals surface area contributed by atoms with E-state index in [1.165, 1.54) is 0 Å². The number of rotatable bonds is 3. The smallest absolute Gasteiger partial charge is 0.254 e. The first kappa shape index (κ1) is 11.8. The van der Waals surface area contributed by atoms with Crippen LogP contribution >= 0.6 is 0 Å². The molecule has 0 aliphatic heterocycles. The summed E-state index contributed by atoms with van der Waals surface area (Å²) in [6.07, 6.45) is 3.03. The number of halogens is 2. The number of alkyl halides is 2. The van der Waals surface area contributed by atoms with Gasteiger partial charge in [0.1, 0.15) is 0 Å². The van der Waals surface area contributed by atoms with Crippen molar-refractivity contribution in [3.8, 4) is 6.07 Å². The van der Waals surface area contributed by atoms with Gasteiger partial charge in [0.05, 0.1) is 12.0 Å². The summed E-state index contributed by atoms with van der Waals surface area (Å²) in [6, 6.07) is 2.50. The molecule has 2 nitrogen and oxygen atoms in total. The monoisotopic (exact) mass is 228 g/mol. The Hall–Kier alpha value is -0.690. The molecular weight excluding hydrogens is 210 g/mol. The van der Waals surface area contributed by atoms with Crippen LogP contribution in [0.25, 0.3) is 0 Å². The molecule has 2 aliphatic carbocycles. The molecule has 16 heavy (non-hydrogen) atoms. The van der Waals surface area contributed by atoms with Crippen molar-refractivity contribution in [2.24, 2.45) is 11.3 Å². The van der Waals surface area contributed by atoms with Gasteiger partial charge < -0.3 is 5.32 Å². The van der Waals surface area contributed by atoms with Crippen molar-refractivity contribution in [3.05, 3.63) is 0 Å². The number of hydrogen-bond acceptors (Lipinski definition) is 2. The van der Waals surface area contributed by atoms with Crippen LogP contribution in [0.1, 0.15) is 39.0 Å². The predicted octanol–water partition coefficient (Wildman–Crippen LogP) is 2.70. The number of hydrogen-bond donors (Lipinski definition) is 1. The van der Waals surface area contributed by atoms with Crippen molar-refractivity contribution in [2.45, 2.75) is 51.0 Å². The first-order chi connectivity index (χ1) is 7.49. The molecule has 1 atom stereocenters. The minimum Gasteiger partial charge on any atom is -0.313 e. The maximum absolute atomic E-state index is 13.1. The van der Waals surface area contributed by atoms with Crippen LogP contribution in [-0.2, 0) is 0 Å². The van der Waals surface area contributed by atoms with Crippen LogP contribution in [-0.4, -0.2) is 18.5 Å². The van der Waals surface area contributed by atoms with Crippen molar-refractivity contribution in [3.63, 3.8) is 0 Å². The summed E-state index contributed by atoms with van der Waals surface area (Å²) in [5.74, 6) is -2.39. The Bertz CT molecular complexity index is 301. The van der Waals surface area contributed by atoms with E-state index in [0.29, 0.717) is 25.4 Å². The minimum atomic E-state index is -2.39. The zero-order valence-corrected chi connectivity index (χ0v) is 9.60. The van der Waals surface area contributed by atoms with Gasteiger partial charge in [0, 0.05) is 24.4 Å². The van der Waals surface area contributed by atoms with Crippen LogP contribution < -0.4 is 5.32 Å². The summed E-state index contributed by atoms with van der Waals surface area (Å²) in [6.45, 7) is 2.54. The van der Waals surface area contributed by atoms with Crippen LogP contribution in [0.5, 0.6) is 0 Å². The highest BCUT2D eigenvalue weighted by atomic mass is 19.3. The van der Waals surface area contributed by atoms with Crippen LogP contribution in [0.15, 0.2) is 0 Å². The van der Waals surface area contributed by atoms with Crippen LogP contribution in [0.3, 0.4) is 0 Å². The second-order valence-corrected chi connectivity index (χ2v) is 5.37. The van der Waals surface area contributed by atoms with Gasteiger partial charge in [0.2, 0.25) is 0 Å². The third kappa shape index (κ3) is 2.06. The van der Waals surface area contributed by atoms with E-state index in [1.54, 1.807) is 0 Å². The van der Waals surface area contributed by atoms with E-state index in [9.17, 15) is 8.78 Å². The van der Waals surface area contributed by atoms with Gasteiger partial charge in [-0.25, -0.2) is 8.78 Å². The van der Waals surface area contributed by atoms with Crippen molar-refractivity contribution >= 4 is 0 Å². The molecule has 2 aliphatic rings. The standard InChI is InChI=1S/C12H18F2N2/c1-9(6-15)7-16-10-2-4-11(5-3-10)8-12(11,13)14/h9-10,16H,2-5,7-8H2,1H3. The molecule has 0 aromatic carbocycles. The minimum absolute atomic E-state index is 0.00162. The zero-order chi connectivity index (χ0) is 11.8. The fraction of sp³-hybridized carbons (Fsp3) is 0.917. The quantitative estimate of drug-likeness (QED) is 0.806. The van der Waals surface area contributed by atoms with Crippen molar-refractivity contribution < 1.29 is 8.78 Å². The van der Waals surface area contributed by atoms with Crippen LogP contribution in [0.4, 0.5) is 8.78 Å². The van der Waals surface area contributed by atoms with Crippen LogP contribution in [0, 0.1) is 22.7 Å². The van der Waals surface area contributed by atoms with Gasteiger partial charge in [-0.15, -0.1) is 0 Å². The van der Waals surface area contributed by atoms with E-state index in [2.05, 4.69) is 11.4 Å². The van der Waals surface area contributed by atoms with Gasteiger partial charge in [-0.1, -0.05) is 0 Å². The Morgan fingerprint density at radius 1 is 1.44 bits per heavy atom. The third-order valence-corrected chi connectivity index (χ3v) is 4.09. The Labute approximate surface area is 95.0 Å². The SMILES string of the molecule is CC(C#N)CNC1CCC2(CC1)CC2(F)F. The van der Waals surface area contributed by atoms with E-state index < -0.39 is 11.3 Å². The Balaban J connectivity index is 1.73. The first-order valence-electron chi connectivity index (χ1n) is 6.00. The normalized spacial score (nSPS) is 38.0. The van der Waals surface area contributed by atoms with Crippen LogP contribution in [0.2, 0.25) is 0 Å². The molecule has 1 unspecified atom stereocenters. The van der Waals surface area contributed by atoms with Gasteiger partial charge >= 0.3 is 0 Å². The van der Waals surface area contributed by atoms with Gasteiger partial charge in [-0.3, -0.25) is 0 Å².